The molecule has 0 radical (unpaired) electrons. The Morgan fingerprint density at radius 3 is 2.50 bits per heavy atom. The molecule has 0 saturated heterocycles. The molecule has 0 aliphatic carbocycles. The van der Waals surface area contributed by atoms with E-state index in [-0.39, 0.29) is 13.2 Å². The highest BCUT2D eigenvalue weighted by molar-refractivity contribution is 5.82. The zero-order chi connectivity index (χ0) is 6.41. The van der Waals surface area contributed by atoms with Crippen molar-refractivity contribution in [1.82, 2.24) is 0 Å². The van der Waals surface area contributed by atoms with Crippen molar-refractivity contribution >= 4 is 5.71 Å². The van der Waals surface area contributed by atoms with Crippen LogP contribution in [0.5, 0.6) is 0 Å². The molecule has 0 spiro atoms. The van der Waals surface area contributed by atoms with E-state index >= 15 is 0 Å². The van der Waals surface area contributed by atoms with Crippen LogP contribution in [0.1, 0.15) is 6.92 Å². The lowest BCUT2D eigenvalue weighted by atomic mass is 10.4. The minimum absolute atomic E-state index is 0.0139. The number of nitrogens with zero attached hydrogens (tertiary/aromatic N) is 1. The molecule has 3 nitrogen and oxygen atoms in total. The molecule has 48 valence electrons. The average molecular weight is 117 g/mol. The molecule has 0 aromatic rings. The second-order valence-electron chi connectivity index (χ2n) is 1.50. The van der Waals surface area contributed by atoms with Crippen LogP contribution in [0.25, 0.3) is 0 Å². The van der Waals surface area contributed by atoms with Gasteiger partial charge in [-0.05, 0) is 6.92 Å². The predicted molar refractivity (Wildman–Crippen MR) is 32.1 cm³/mol. The fourth-order valence-corrected chi connectivity index (χ4v) is 0.291. The largest absolute Gasteiger partial charge is 0.394 e. The van der Waals surface area contributed by atoms with Crippen molar-refractivity contribution in [1.29, 1.82) is 0 Å². The molecule has 0 heterocycles. The summed E-state index contributed by atoms with van der Waals surface area (Å²) in [6, 6.07) is 0. The molecule has 0 aromatic carbocycles. The molecule has 0 rings (SSSR count). The lowest BCUT2D eigenvalue weighted by Gasteiger charge is -1.90. The van der Waals surface area contributed by atoms with Gasteiger partial charge < -0.3 is 10.2 Å². The molecule has 0 fully saturated rings. The highest BCUT2D eigenvalue weighted by Gasteiger charge is 1.82. The Hall–Kier alpha value is -0.410. The van der Waals surface area contributed by atoms with Gasteiger partial charge in [0.25, 0.3) is 0 Å². The molecule has 2 N–H and O–H groups in total. The highest BCUT2D eigenvalue weighted by atomic mass is 16.3. The summed E-state index contributed by atoms with van der Waals surface area (Å²) in [5, 5.41) is 16.6. The van der Waals surface area contributed by atoms with E-state index in [9.17, 15) is 0 Å². The number of hydrogen-bond acceptors (Lipinski definition) is 3. The maximum Gasteiger partial charge on any atom is 0.0806 e. The first kappa shape index (κ1) is 7.59. The van der Waals surface area contributed by atoms with Gasteiger partial charge in [-0.25, -0.2) is 0 Å². The smallest absolute Gasteiger partial charge is 0.0806 e. The Bertz CT molecular complexity index is 80.5. The molecule has 0 aliphatic heterocycles. The zero-order valence-corrected chi connectivity index (χ0v) is 4.96. The summed E-state index contributed by atoms with van der Waals surface area (Å²) in [4.78, 5) is 3.78. The van der Waals surface area contributed by atoms with Gasteiger partial charge in [0.2, 0.25) is 0 Å². The first-order chi connectivity index (χ1) is 3.81. The fourth-order valence-electron chi connectivity index (χ4n) is 0.291. The van der Waals surface area contributed by atoms with Crippen molar-refractivity contribution in [3.05, 3.63) is 0 Å². The highest BCUT2D eigenvalue weighted by Crippen LogP contribution is 1.73. The standard InChI is InChI=1S/C5H11NO2/c1-5(4-8)6-2-3-7/h7-8H,2-4H2,1H3. The van der Waals surface area contributed by atoms with E-state index in [1.54, 1.807) is 6.92 Å². The van der Waals surface area contributed by atoms with Gasteiger partial charge in [-0.1, -0.05) is 0 Å². The lowest BCUT2D eigenvalue weighted by molar-refractivity contribution is 0.306. The summed E-state index contributed by atoms with van der Waals surface area (Å²) in [5.41, 5.74) is 0.666. The molecule has 0 unspecified atom stereocenters. The van der Waals surface area contributed by atoms with Gasteiger partial charge >= 0.3 is 0 Å². The Morgan fingerprint density at radius 2 is 2.12 bits per heavy atom. The van der Waals surface area contributed by atoms with Gasteiger partial charge in [-0.15, -0.1) is 0 Å². The van der Waals surface area contributed by atoms with Gasteiger partial charge in [0, 0.05) is 5.71 Å². The Morgan fingerprint density at radius 1 is 1.50 bits per heavy atom. The van der Waals surface area contributed by atoms with E-state index in [1.807, 2.05) is 0 Å². The van der Waals surface area contributed by atoms with Gasteiger partial charge in [-0.2, -0.15) is 0 Å². The minimum atomic E-state index is -0.0139. The maximum atomic E-state index is 8.35. The number of rotatable bonds is 3. The van der Waals surface area contributed by atoms with E-state index in [0.29, 0.717) is 12.3 Å². The van der Waals surface area contributed by atoms with E-state index in [0.717, 1.165) is 0 Å². The molecular formula is C5H11NO2. The van der Waals surface area contributed by atoms with Gasteiger partial charge in [0.1, 0.15) is 0 Å². The van der Waals surface area contributed by atoms with Crippen LogP contribution in [0.4, 0.5) is 0 Å². The molecule has 0 aliphatic rings. The van der Waals surface area contributed by atoms with Crippen LogP contribution in [0, 0.1) is 0 Å². The van der Waals surface area contributed by atoms with Crippen LogP contribution in [0.3, 0.4) is 0 Å². The Labute approximate surface area is 48.7 Å². The van der Waals surface area contributed by atoms with Crippen molar-refractivity contribution in [2.45, 2.75) is 6.92 Å². The third kappa shape index (κ3) is 3.77. The topological polar surface area (TPSA) is 52.8 Å². The summed E-state index contributed by atoms with van der Waals surface area (Å²) in [6.45, 7) is 2.15. The summed E-state index contributed by atoms with van der Waals surface area (Å²) in [7, 11) is 0. The van der Waals surface area contributed by atoms with Crippen LogP contribution in [-0.2, 0) is 0 Å². The molecule has 0 bridgehead atoms. The van der Waals surface area contributed by atoms with Crippen LogP contribution in [-0.4, -0.2) is 35.7 Å². The van der Waals surface area contributed by atoms with Crippen LogP contribution in [0.2, 0.25) is 0 Å². The van der Waals surface area contributed by atoms with E-state index < -0.39 is 0 Å². The molecule has 3 heteroatoms. The molecule has 0 saturated carbocycles. The first-order valence-electron chi connectivity index (χ1n) is 2.53. The number of aliphatic imine (C=N–C) groups is 1. The zero-order valence-electron chi connectivity index (χ0n) is 4.96. The van der Waals surface area contributed by atoms with E-state index in [2.05, 4.69) is 4.99 Å². The third-order valence-electron chi connectivity index (χ3n) is 0.711. The average Bonchev–Trinajstić information content (AvgIpc) is 1.83. The monoisotopic (exact) mass is 117 g/mol. The van der Waals surface area contributed by atoms with Crippen LogP contribution in [0.15, 0.2) is 4.99 Å². The van der Waals surface area contributed by atoms with Crippen LogP contribution < -0.4 is 0 Å². The van der Waals surface area contributed by atoms with Crippen molar-refractivity contribution in [2.75, 3.05) is 19.8 Å². The van der Waals surface area contributed by atoms with Crippen molar-refractivity contribution < 1.29 is 10.2 Å². The fraction of sp³-hybridized carbons (Fsp3) is 0.800. The Balaban J connectivity index is 3.26. The van der Waals surface area contributed by atoms with Crippen molar-refractivity contribution in [2.24, 2.45) is 4.99 Å². The maximum absolute atomic E-state index is 8.35. The van der Waals surface area contributed by atoms with Crippen LogP contribution >= 0.6 is 0 Å². The van der Waals surface area contributed by atoms with E-state index in [1.165, 1.54) is 0 Å². The molecule has 0 aromatic heterocycles. The van der Waals surface area contributed by atoms with E-state index in [4.69, 9.17) is 10.2 Å². The molecule has 0 atom stereocenters. The molecule has 0 amide bonds. The summed E-state index contributed by atoms with van der Waals surface area (Å²) >= 11 is 0. The summed E-state index contributed by atoms with van der Waals surface area (Å²) in [6.07, 6.45) is 0. The van der Waals surface area contributed by atoms with Crippen molar-refractivity contribution in [3.63, 3.8) is 0 Å². The third-order valence-corrected chi connectivity index (χ3v) is 0.711. The number of hydrogen-bond donors (Lipinski definition) is 2. The molecular weight excluding hydrogens is 106 g/mol. The minimum Gasteiger partial charge on any atom is -0.394 e. The van der Waals surface area contributed by atoms with Gasteiger partial charge in [-0.3, -0.25) is 4.99 Å². The number of aliphatic hydroxyl groups is 2. The lowest BCUT2D eigenvalue weighted by Crippen LogP contribution is -2.00. The first-order valence-corrected chi connectivity index (χ1v) is 2.53. The normalized spacial score (nSPS) is 12.1. The summed E-state index contributed by atoms with van der Waals surface area (Å²) in [5.74, 6) is 0. The predicted octanol–water partition coefficient (Wildman–Crippen LogP) is -0.568. The second-order valence-corrected chi connectivity index (χ2v) is 1.50. The quantitative estimate of drug-likeness (QED) is 0.486. The SMILES string of the molecule is CC(CO)=NCCO. The van der Waals surface area contributed by atoms with Gasteiger partial charge in [0.05, 0.1) is 19.8 Å². The molecule has 8 heavy (non-hydrogen) atoms. The second kappa shape index (κ2) is 4.74. The number of aliphatic hydroxyl groups excluding tert-OH is 2. The van der Waals surface area contributed by atoms with Crippen molar-refractivity contribution in [3.8, 4) is 0 Å². The summed E-state index contributed by atoms with van der Waals surface area (Å²) < 4.78 is 0. The Kier molecular flexibility index (Phi) is 4.50. The van der Waals surface area contributed by atoms with Gasteiger partial charge in [0.15, 0.2) is 0 Å².